The van der Waals surface area contributed by atoms with Crippen LogP contribution in [0.1, 0.15) is 29.3 Å². The SMILES string of the molecule is CCCN(Cc1ccccc1)C(=O)c1ccc(OS(=O)(=O)c2cccc([N+](=O)[O-])c2)cc1. The zero-order valence-corrected chi connectivity index (χ0v) is 18.2. The van der Waals surface area contributed by atoms with Gasteiger partial charge in [0.05, 0.1) is 4.92 Å². The van der Waals surface area contributed by atoms with Gasteiger partial charge in [-0.3, -0.25) is 14.9 Å². The molecule has 0 aliphatic rings. The standard InChI is InChI=1S/C23H22N2O6S/c1-2-15-24(17-18-7-4-3-5-8-18)23(26)19-11-13-21(14-12-19)31-32(29,30)22-10-6-9-20(16-22)25(27)28/h3-14,16H,2,15,17H2,1H3. The number of nitro benzene ring substituents is 1. The molecule has 0 saturated heterocycles. The van der Waals surface area contributed by atoms with Crippen molar-refractivity contribution < 1.29 is 22.3 Å². The van der Waals surface area contributed by atoms with Crippen LogP contribution in [0.4, 0.5) is 5.69 Å². The predicted octanol–water partition coefficient (Wildman–Crippen LogP) is 4.41. The van der Waals surface area contributed by atoms with Crippen LogP contribution in [0.15, 0.2) is 83.8 Å². The summed E-state index contributed by atoms with van der Waals surface area (Å²) in [5.41, 5.74) is 1.05. The summed E-state index contributed by atoms with van der Waals surface area (Å²) in [7, 11) is -4.27. The molecule has 0 bridgehead atoms. The summed E-state index contributed by atoms with van der Waals surface area (Å²) in [6, 6.07) is 20.0. The molecular weight excluding hydrogens is 432 g/mol. The van der Waals surface area contributed by atoms with Crippen molar-refractivity contribution in [2.75, 3.05) is 6.54 Å². The molecule has 3 aromatic rings. The molecule has 3 rings (SSSR count). The summed E-state index contributed by atoms with van der Waals surface area (Å²) in [6.07, 6.45) is 0.793. The minimum Gasteiger partial charge on any atom is -0.379 e. The lowest BCUT2D eigenvalue weighted by atomic mass is 10.1. The molecule has 0 saturated carbocycles. The summed E-state index contributed by atoms with van der Waals surface area (Å²) in [6.45, 7) is 3.03. The molecule has 9 heteroatoms. The van der Waals surface area contributed by atoms with E-state index in [1.165, 1.54) is 42.5 Å². The molecule has 0 spiro atoms. The number of carbonyl (C=O) groups excluding carboxylic acids is 1. The normalized spacial score (nSPS) is 11.0. The third-order valence-corrected chi connectivity index (χ3v) is 5.86. The third kappa shape index (κ3) is 5.70. The average molecular weight is 455 g/mol. The van der Waals surface area contributed by atoms with Gasteiger partial charge in [0, 0.05) is 30.8 Å². The number of non-ortho nitro benzene ring substituents is 1. The van der Waals surface area contributed by atoms with Gasteiger partial charge in [-0.1, -0.05) is 43.3 Å². The maximum absolute atomic E-state index is 13.0. The van der Waals surface area contributed by atoms with Gasteiger partial charge >= 0.3 is 10.1 Å². The molecule has 0 fully saturated rings. The average Bonchev–Trinajstić information content (AvgIpc) is 2.79. The lowest BCUT2D eigenvalue weighted by molar-refractivity contribution is -0.385. The number of hydrogen-bond acceptors (Lipinski definition) is 6. The Morgan fingerprint density at radius 1 is 1.00 bits per heavy atom. The largest absolute Gasteiger partial charge is 0.379 e. The van der Waals surface area contributed by atoms with E-state index < -0.39 is 15.0 Å². The monoisotopic (exact) mass is 454 g/mol. The van der Waals surface area contributed by atoms with Gasteiger partial charge < -0.3 is 9.08 Å². The van der Waals surface area contributed by atoms with Crippen molar-refractivity contribution in [1.82, 2.24) is 4.90 Å². The van der Waals surface area contributed by atoms with Gasteiger partial charge in [-0.15, -0.1) is 0 Å². The molecule has 0 radical (unpaired) electrons. The number of rotatable bonds is 9. The molecule has 0 atom stereocenters. The minimum atomic E-state index is -4.27. The van der Waals surface area contributed by atoms with Crippen molar-refractivity contribution in [3.05, 3.63) is 100 Å². The summed E-state index contributed by atoms with van der Waals surface area (Å²) in [4.78, 5) is 24.6. The predicted molar refractivity (Wildman–Crippen MR) is 119 cm³/mol. The van der Waals surface area contributed by atoms with Crippen molar-refractivity contribution >= 4 is 21.7 Å². The first-order chi connectivity index (χ1) is 15.3. The molecule has 8 nitrogen and oxygen atoms in total. The van der Waals surface area contributed by atoms with Crippen LogP contribution < -0.4 is 4.18 Å². The van der Waals surface area contributed by atoms with Gasteiger partial charge in [0.2, 0.25) is 0 Å². The van der Waals surface area contributed by atoms with Crippen LogP contribution in [0, 0.1) is 10.1 Å². The highest BCUT2D eigenvalue weighted by molar-refractivity contribution is 7.87. The van der Waals surface area contributed by atoms with Crippen molar-refractivity contribution in [2.45, 2.75) is 24.8 Å². The Kier molecular flexibility index (Phi) is 7.21. The molecule has 0 heterocycles. The highest BCUT2D eigenvalue weighted by atomic mass is 32.2. The smallest absolute Gasteiger partial charge is 0.339 e. The maximum atomic E-state index is 13.0. The Bertz CT molecular complexity index is 1190. The number of nitrogens with zero attached hydrogens (tertiary/aromatic N) is 2. The summed E-state index contributed by atoms with van der Waals surface area (Å²) < 4.78 is 30.0. The van der Waals surface area contributed by atoms with Gasteiger partial charge in [0.15, 0.2) is 0 Å². The van der Waals surface area contributed by atoms with Crippen molar-refractivity contribution in [3.63, 3.8) is 0 Å². The molecule has 0 aliphatic carbocycles. The van der Waals surface area contributed by atoms with E-state index in [9.17, 15) is 23.3 Å². The highest BCUT2D eigenvalue weighted by Gasteiger charge is 2.21. The molecule has 0 aliphatic heterocycles. The number of carbonyl (C=O) groups is 1. The van der Waals surface area contributed by atoms with E-state index in [4.69, 9.17) is 4.18 Å². The molecular formula is C23H22N2O6S. The van der Waals surface area contributed by atoms with E-state index in [1.807, 2.05) is 37.3 Å². The first-order valence-electron chi connectivity index (χ1n) is 9.92. The second-order valence-electron chi connectivity index (χ2n) is 7.03. The highest BCUT2D eigenvalue weighted by Crippen LogP contribution is 2.23. The first kappa shape index (κ1) is 23.0. The number of nitro groups is 1. The van der Waals surface area contributed by atoms with Gasteiger partial charge in [-0.25, -0.2) is 0 Å². The maximum Gasteiger partial charge on any atom is 0.339 e. The van der Waals surface area contributed by atoms with E-state index >= 15 is 0 Å². The fraction of sp³-hybridized carbons (Fsp3) is 0.174. The second kappa shape index (κ2) is 10.1. The molecule has 1 amide bonds. The Hall–Kier alpha value is -3.72. The number of benzene rings is 3. The van der Waals surface area contributed by atoms with E-state index in [2.05, 4.69) is 0 Å². The van der Waals surface area contributed by atoms with Crippen LogP contribution in [0.3, 0.4) is 0 Å². The Labute approximate surface area is 186 Å². The van der Waals surface area contributed by atoms with E-state index in [0.717, 1.165) is 18.1 Å². The summed E-state index contributed by atoms with van der Waals surface area (Å²) >= 11 is 0. The van der Waals surface area contributed by atoms with Gasteiger partial charge in [0.25, 0.3) is 11.6 Å². The fourth-order valence-corrected chi connectivity index (χ4v) is 4.06. The van der Waals surface area contributed by atoms with E-state index in [1.54, 1.807) is 4.90 Å². The number of hydrogen-bond donors (Lipinski definition) is 0. The lowest BCUT2D eigenvalue weighted by Crippen LogP contribution is -2.31. The molecule has 3 aromatic carbocycles. The van der Waals surface area contributed by atoms with Crippen LogP contribution in [-0.4, -0.2) is 30.7 Å². The first-order valence-corrected chi connectivity index (χ1v) is 11.3. The minimum absolute atomic E-state index is 0.00171. The second-order valence-corrected chi connectivity index (χ2v) is 8.57. The zero-order chi connectivity index (χ0) is 23.1. The van der Waals surface area contributed by atoms with E-state index in [0.29, 0.717) is 18.7 Å². The van der Waals surface area contributed by atoms with Crippen molar-refractivity contribution in [3.8, 4) is 5.75 Å². The molecule has 0 aromatic heterocycles. The van der Waals surface area contributed by atoms with Crippen LogP contribution in [0.2, 0.25) is 0 Å². The topological polar surface area (TPSA) is 107 Å². The molecule has 32 heavy (non-hydrogen) atoms. The Morgan fingerprint density at radius 2 is 1.69 bits per heavy atom. The Morgan fingerprint density at radius 3 is 2.31 bits per heavy atom. The Balaban J connectivity index is 1.75. The third-order valence-electron chi connectivity index (χ3n) is 4.62. The van der Waals surface area contributed by atoms with Crippen molar-refractivity contribution in [2.24, 2.45) is 0 Å². The van der Waals surface area contributed by atoms with Crippen LogP contribution in [-0.2, 0) is 16.7 Å². The van der Waals surface area contributed by atoms with Gasteiger partial charge in [0.1, 0.15) is 10.6 Å². The van der Waals surface area contributed by atoms with Gasteiger partial charge in [-0.05, 0) is 42.3 Å². The fourth-order valence-electron chi connectivity index (χ4n) is 3.09. The summed E-state index contributed by atoms with van der Waals surface area (Å²) in [5, 5.41) is 10.9. The van der Waals surface area contributed by atoms with Crippen LogP contribution in [0.25, 0.3) is 0 Å². The lowest BCUT2D eigenvalue weighted by Gasteiger charge is -2.22. The van der Waals surface area contributed by atoms with Gasteiger partial charge in [-0.2, -0.15) is 8.42 Å². The summed E-state index contributed by atoms with van der Waals surface area (Å²) in [5.74, 6) is -0.179. The number of amides is 1. The van der Waals surface area contributed by atoms with E-state index in [-0.39, 0.29) is 22.2 Å². The molecule has 0 unspecified atom stereocenters. The molecule has 0 N–H and O–H groups in total. The molecule has 166 valence electrons. The zero-order valence-electron chi connectivity index (χ0n) is 17.4. The van der Waals surface area contributed by atoms with Crippen molar-refractivity contribution in [1.29, 1.82) is 0 Å². The van der Waals surface area contributed by atoms with Crippen LogP contribution >= 0.6 is 0 Å². The van der Waals surface area contributed by atoms with Crippen LogP contribution in [0.5, 0.6) is 5.75 Å². The quantitative estimate of drug-likeness (QED) is 0.269.